The molecular formula is C28H19F2N5O4. The summed E-state index contributed by atoms with van der Waals surface area (Å²) in [5.41, 5.74) is 2.11. The Kier molecular flexibility index (Phi) is 7.04. The number of carbonyl (C=O) groups is 1. The number of anilines is 1. The second-order valence-corrected chi connectivity index (χ2v) is 8.36. The first-order valence-corrected chi connectivity index (χ1v) is 11.6. The van der Waals surface area contributed by atoms with Crippen molar-refractivity contribution in [3.63, 3.8) is 0 Å². The molecule has 9 nitrogen and oxygen atoms in total. The third-order valence-electron chi connectivity index (χ3n) is 5.64. The third-order valence-corrected chi connectivity index (χ3v) is 5.64. The molecule has 5 aromatic rings. The number of carbonyl (C=O) groups excluding carboxylic acids is 1. The van der Waals surface area contributed by atoms with Crippen molar-refractivity contribution in [3.05, 3.63) is 130 Å². The van der Waals surface area contributed by atoms with Gasteiger partial charge in [0.25, 0.3) is 11.6 Å². The summed E-state index contributed by atoms with van der Waals surface area (Å²) in [6.45, 7) is 0.0928. The van der Waals surface area contributed by atoms with Crippen LogP contribution in [0.2, 0.25) is 0 Å². The van der Waals surface area contributed by atoms with Gasteiger partial charge in [-0.25, -0.2) is 13.5 Å². The lowest BCUT2D eigenvalue weighted by molar-refractivity contribution is -0.384. The van der Waals surface area contributed by atoms with Crippen LogP contribution in [0.1, 0.15) is 15.9 Å². The standard InChI is InChI=1S/C28H19F2N5O4/c29-21-9-7-18(8-10-21)17-39-28-32-26(19-3-1-5-22(30)15-19)34(33-28)24-13-11-23(12-14-24)31-27(36)20-4-2-6-25(16-20)35(37)38/h1-16H,17H2,(H,31,36). The smallest absolute Gasteiger partial charge is 0.336 e. The monoisotopic (exact) mass is 527 g/mol. The normalized spacial score (nSPS) is 10.7. The van der Waals surface area contributed by atoms with E-state index in [1.807, 2.05) is 0 Å². The fourth-order valence-electron chi connectivity index (χ4n) is 3.73. The average molecular weight is 527 g/mol. The van der Waals surface area contributed by atoms with Gasteiger partial charge in [-0.05, 0) is 60.2 Å². The van der Waals surface area contributed by atoms with E-state index in [9.17, 15) is 23.7 Å². The van der Waals surface area contributed by atoms with Crippen molar-refractivity contribution in [1.82, 2.24) is 14.8 Å². The fraction of sp³-hybridized carbons (Fsp3) is 0.0357. The van der Waals surface area contributed by atoms with Gasteiger partial charge in [-0.1, -0.05) is 30.3 Å². The highest BCUT2D eigenvalue weighted by Gasteiger charge is 2.17. The Morgan fingerprint density at radius 1 is 0.923 bits per heavy atom. The van der Waals surface area contributed by atoms with E-state index in [2.05, 4.69) is 15.4 Å². The number of hydrogen-bond acceptors (Lipinski definition) is 6. The Balaban J connectivity index is 1.39. The van der Waals surface area contributed by atoms with E-state index in [1.54, 1.807) is 48.5 Å². The van der Waals surface area contributed by atoms with Gasteiger partial charge in [-0.15, -0.1) is 5.10 Å². The van der Waals surface area contributed by atoms with Gasteiger partial charge in [-0.2, -0.15) is 4.98 Å². The zero-order valence-electron chi connectivity index (χ0n) is 20.1. The highest BCUT2D eigenvalue weighted by molar-refractivity contribution is 6.04. The highest BCUT2D eigenvalue weighted by Crippen LogP contribution is 2.26. The molecule has 4 aromatic carbocycles. The van der Waals surface area contributed by atoms with Crippen LogP contribution in [0.5, 0.6) is 6.01 Å². The van der Waals surface area contributed by atoms with Crippen molar-refractivity contribution in [2.45, 2.75) is 6.61 Å². The molecule has 11 heteroatoms. The van der Waals surface area contributed by atoms with Crippen LogP contribution in [0.15, 0.2) is 97.1 Å². The molecular weight excluding hydrogens is 508 g/mol. The van der Waals surface area contributed by atoms with Crippen LogP contribution in [0, 0.1) is 21.7 Å². The molecule has 5 rings (SSSR count). The minimum atomic E-state index is -0.572. The lowest BCUT2D eigenvalue weighted by Gasteiger charge is -2.09. The molecule has 0 aliphatic rings. The number of rotatable bonds is 8. The lowest BCUT2D eigenvalue weighted by atomic mass is 10.2. The quantitative estimate of drug-likeness (QED) is 0.197. The molecule has 0 saturated heterocycles. The van der Waals surface area contributed by atoms with Gasteiger partial charge in [-0.3, -0.25) is 14.9 Å². The van der Waals surface area contributed by atoms with Crippen LogP contribution >= 0.6 is 0 Å². The Morgan fingerprint density at radius 3 is 2.38 bits per heavy atom. The molecule has 0 atom stereocenters. The Hall–Kier alpha value is -5.45. The van der Waals surface area contributed by atoms with Crippen LogP contribution in [-0.2, 0) is 6.61 Å². The molecule has 0 saturated carbocycles. The minimum absolute atomic E-state index is 0.0293. The number of aromatic nitrogens is 3. The van der Waals surface area contributed by atoms with E-state index >= 15 is 0 Å². The first kappa shape index (κ1) is 25.2. The summed E-state index contributed by atoms with van der Waals surface area (Å²) >= 11 is 0. The second-order valence-electron chi connectivity index (χ2n) is 8.36. The maximum Gasteiger partial charge on any atom is 0.336 e. The minimum Gasteiger partial charge on any atom is -0.457 e. The number of amides is 1. The first-order valence-electron chi connectivity index (χ1n) is 11.6. The van der Waals surface area contributed by atoms with Crippen LogP contribution < -0.4 is 10.1 Å². The number of benzene rings is 4. The molecule has 0 unspecified atom stereocenters. The van der Waals surface area contributed by atoms with Crippen molar-refractivity contribution >= 4 is 17.3 Å². The molecule has 0 aliphatic carbocycles. The highest BCUT2D eigenvalue weighted by atomic mass is 19.1. The molecule has 1 N–H and O–H groups in total. The molecule has 1 amide bonds. The number of ether oxygens (including phenoxy) is 1. The maximum absolute atomic E-state index is 14.0. The first-order chi connectivity index (χ1) is 18.9. The average Bonchev–Trinajstić information content (AvgIpc) is 3.37. The number of nitro groups is 1. The zero-order valence-corrected chi connectivity index (χ0v) is 20.1. The summed E-state index contributed by atoms with van der Waals surface area (Å²) in [5.74, 6) is -1.00. The van der Waals surface area contributed by atoms with Gasteiger partial charge < -0.3 is 10.1 Å². The predicted molar refractivity (Wildman–Crippen MR) is 139 cm³/mol. The van der Waals surface area contributed by atoms with E-state index in [0.29, 0.717) is 28.3 Å². The molecule has 1 heterocycles. The maximum atomic E-state index is 14.0. The van der Waals surface area contributed by atoms with Crippen molar-refractivity contribution in [2.24, 2.45) is 0 Å². The SMILES string of the molecule is O=C(Nc1ccc(-n2nc(OCc3ccc(F)cc3)nc2-c2cccc(F)c2)cc1)c1cccc([N+](=O)[O-])c1. The van der Waals surface area contributed by atoms with E-state index in [-0.39, 0.29) is 29.7 Å². The van der Waals surface area contributed by atoms with Gasteiger partial charge in [0, 0.05) is 28.9 Å². The van der Waals surface area contributed by atoms with Crippen molar-refractivity contribution < 1.29 is 23.2 Å². The van der Waals surface area contributed by atoms with E-state index < -0.39 is 16.6 Å². The van der Waals surface area contributed by atoms with Gasteiger partial charge in [0.05, 0.1) is 10.6 Å². The summed E-state index contributed by atoms with van der Waals surface area (Å²) in [5, 5.41) is 18.1. The summed E-state index contributed by atoms with van der Waals surface area (Å²) in [6, 6.07) is 23.7. The number of hydrogen-bond donors (Lipinski definition) is 1. The number of nitro benzene ring substituents is 1. The number of nitrogens with one attached hydrogen (secondary N) is 1. The Labute approximate surface area is 220 Å². The van der Waals surface area contributed by atoms with Crippen LogP contribution in [0.3, 0.4) is 0 Å². The van der Waals surface area contributed by atoms with Crippen LogP contribution in [0.4, 0.5) is 20.2 Å². The Morgan fingerprint density at radius 2 is 1.67 bits per heavy atom. The molecule has 0 fully saturated rings. The Bertz CT molecular complexity index is 1650. The second kappa shape index (κ2) is 10.9. The summed E-state index contributed by atoms with van der Waals surface area (Å²) < 4.78 is 34.4. The van der Waals surface area contributed by atoms with E-state index in [4.69, 9.17) is 4.74 Å². The summed E-state index contributed by atoms with van der Waals surface area (Å²) in [7, 11) is 0. The number of nitrogens with zero attached hydrogens (tertiary/aromatic N) is 4. The van der Waals surface area contributed by atoms with Crippen molar-refractivity contribution in [3.8, 4) is 23.1 Å². The van der Waals surface area contributed by atoms with Gasteiger partial charge >= 0.3 is 6.01 Å². The molecule has 0 radical (unpaired) electrons. The summed E-state index contributed by atoms with van der Waals surface area (Å²) in [4.78, 5) is 27.4. The fourth-order valence-corrected chi connectivity index (χ4v) is 3.73. The largest absolute Gasteiger partial charge is 0.457 e. The van der Waals surface area contributed by atoms with Gasteiger partial charge in [0.2, 0.25) is 0 Å². The predicted octanol–water partition coefficient (Wildman–Crippen LogP) is 5.95. The van der Waals surface area contributed by atoms with Crippen molar-refractivity contribution in [1.29, 1.82) is 0 Å². The van der Waals surface area contributed by atoms with Gasteiger partial charge in [0.15, 0.2) is 5.82 Å². The molecule has 0 spiro atoms. The molecule has 0 aliphatic heterocycles. The third kappa shape index (κ3) is 5.93. The van der Waals surface area contributed by atoms with Gasteiger partial charge in [0.1, 0.15) is 18.2 Å². The molecule has 0 bridgehead atoms. The van der Waals surface area contributed by atoms with Crippen molar-refractivity contribution in [2.75, 3.05) is 5.32 Å². The van der Waals surface area contributed by atoms with E-state index in [1.165, 1.54) is 53.2 Å². The lowest BCUT2D eigenvalue weighted by Crippen LogP contribution is -2.12. The number of halogens is 2. The molecule has 39 heavy (non-hydrogen) atoms. The van der Waals surface area contributed by atoms with E-state index in [0.717, 1.165) is 0 Å². The van der Waals surface area contributed by atoms with Crippen LogP contribution in [-0.4, -0.2) is 25.6 Å². The number of non-ortho nitro benzene ring substituents is 1. The summed E-state index contributed by atoms with van der Waals surface area (Å²) in [6.07, 6.45) is 0. The topological polar surface area (TPSA) is 112 Å². The van der Waals surface area contributed by atoms with Crippen LogP contribution in [0.25, 0.3) is 17.1 Å². The molecule has 194 valence electrons. The zero-order chi connectivity index (χ0) is 27.4. The molecule has 1 aromatic heterocycles.